The summed E-state index contributed by atoms with van der Waals surface area (Å²) in [5.74, 6) is 1.66. The van der Waals surface area contributed by atoms with E-state index in [1.54, 1.807) is 0 Å². The monoisotopic (exact) mass is 309 g/mol. The Hall–Kier alpha value is -0.120. The Morgan fingerprint density at radius 1 is 1.18 bits per heavy atom. The van der Waals surface area contributed by atoms with Crippen molar-refractivity contribution in [2.75, 3.05) is 26.2 Å². The average Bonchev–Trinajstić information content (AvgIpc) is 2.80. The summed E-state index contributed by atoms with van der Waals surface area (Å²) in [5, 5.41) is 10.3. The Morgan fingerprint density at radius 2 is 1.86 bits per heavy atom. The largest absolute Gasteiger partial charge is 0.389 e. The van der Waals surface area contributed by atoms with Crippen LogP contribution in [0.1, 0.15) is 59.8 Å². The van der Waals surface area contributed by atoms with Crippen LogP contribution in [0.25, 0.3) is 0 Å². The minimum Gasteiger partial charge on any atom is -0.389 e. The van der Waals surface area contributed by atoms with Crippen molar-refractivity contribution in [1.82, 2.24) is 4.90 Å². The third-order valence-electron chi connectivity index (χ3n) is 7.55. The summed E-state index contributed by atoms with van der Waals surface area (Å²) in [7, 11) is 0. The van der Waals surface area contributed by atoms with Crippen LogP contribution < -0.4 is 0 Å². The lowest BCUT2D eigenvalue weighted by atomic mass is 9.70. The number of hydrogen-bond donors (Lipinski definition) is 1. The van der Waals surface area contributed by atoms with Gasteiger partial charge in [0.25, 0.3) is 0 Å². The zero-order chi connectivity index (χ0) is 16.0. The molecule has 1 N–H and O–H groups in total. The van der Waals surface area contributed by atoms with Gasteiger partial charge in [-0.05, 0) is 67.9 Å². The zero-order valence-corrected chi connectivity index (χ0v) is 15.0. The smallest absolute Gasteiger partial charge is 0.0900 e. The molecule has 2 saturated carbocycles. The highest BCUT2D eigenvalue weighted by Crippen LogP contribution is 2.66. The second-order valence-electron chi connectivity index (χ2n) is 9.07. The Balaban J connectivity index is 1.45. The molecule has 1 heterocycles. The molecular formula is C19H35NO2. The van der Waals surface area contributed by atoms with Crippen molar-refractivity contribution < 1.29 is 9.84 Å². The predicted molar refractivity (Wildman–Crippen MR) is 89.8 cm³/mol. The van der Waals surface area contributed by atoms with Crippen molar-refractivity contribution in [3.8, 4) is 0 Å². The van der Waals surface area contributed by atoms with E-state index in [0.29, 0.717) is 23.5 Å². The van der Waals surface area contributed by atoms with Crippen LogP contribution in [0.2, 0.25) is 0 Å². The molecule has 3 rings (SSSR count). The van der Waals surface area contributed by atoms with Crippen molar-refractivity contribution >= 4 is 0 Å². The summed E-state index contributed by atoms with van der Waals surface area (Å²) < 4.78 is 6.22. The standard InChI is InChI=1S/C19H35NO2/c1-14-6-9-20(10-7-14)12-16(21)13-22-17-11-15-5-8-19(17,4)18(15,2)3/h14-17,21H,5-13H2,1-4H3/t15-,16-,17+,19-/m0/s1. The van der Waals surface area contributed by atoms with Crippen molar-refractivity contribution in [3.63, 3.8) is 0 Å². The van der Waals surface area contributed by atoms with Crippen LogP contribution >= 0.6 is 0 Å². The van der Waals surface area contributed by atoms with E-state index in [1.165, 1.54) is 32.1 Å². The van der Waals surface area contributed by atoms with E-state index < -0.39 is 0 Å². The van der Waals surface area contributed by atoms with Crippen LogP contribution in [0, 0.1) is 22.7 Å². The molecule has 22 heavy (non-hydrogen) atoms. The molecule has 3 fully saturated rings. The summed E-state index contributed by atoms with van der Waals surface area (Å²) in [6.07, 6.45) is 6.38. The minimum absolute atomic E-state index is 0.304. The maximum absolute atomic E-state index is 10.3. The molecule has 0 aromatic carbocycles. The van der Waals surface area contributed by atoms with Gasteiger partial charge in [0, 0.05) is 6.54 Å². The molecule has 128 valence electrons. The van der Waals surface area contributed by atoms with E-state index in [-0.39, 0.29) is 6.10 Å². The van der Waals surface area contributed by atoms with Gasteiger partial charge in [0.05, 0.1) is 18.8 Å². The van der Waals surface area contributed by atoms with Gasteiger partial charge in [-0.15, -0.1) is 0 Å². The fourth-order valence-electron chi connectivity index (χ4n) is 5.20. The summed E-state index contributed by atoms with van der Waals surface area (Å²) >= 11 is 0. The third-order valence-corrected chi connectivity index (χ3v) is 7.55. The van der Waals surface area contributed by atoms with Crippen molar-refractivity contribution in [2.45, 2.75) is 72.0 Å². The van der Waals surface area contributed by atoms with Gasteiger partial charge in [0.2, 0.25) is 0 Å². The van der Waals surface area contributed by atoms with Crippen LogP contribution in [-0.2, 0) is 4.74 Å². The van der Waals surface area contributed by atoms with Crippen LogP contribution in [0.15, 0.2) is 0 Å². The summed E-state index contributed by atoms with van der Waals surface area (Å²) in [5.41, 5.74) is 0.698. The molecule has 0 unspecified atom stereocenters. The van der Waals surface area contributed by atoms with Gasteiger partial charge < -0.3 is 14.7 Å². The Labute approximate surface area is 136 Å². The molecule has 4 atom stereocenters. The molecule has 0 aromatic heterocycles. The highest BCUT2D eigenvalue weighted by atomic mass is 16.5. The van der Waals surface area contributed by atoms with E-state index in [2.05, 4.69) is 32.6 Å². The summed E-state index contributed by atoms with van der Waals surface area (Å²) in [6, 6.07) is 0. The molecular weight excluding hydrogens is 274 g/mol. The molecule has 3 heteroatoms. The van der Waals surface area contributed by atoms with Crippen LogP contribution in [-0.4, -0.2) is 48.5 Å². The number of β-amino-alcohol motifs (C(OH)–C–C–N with tert-alkyl or cyclic N) is 1. The first-order valence-corrected chi connectivity index (χ1v) is 9.35. The van der Waals surface area contributed by atoms with Crippen molar-refractivity contribution in [3.05, 3.63) is 0 Å². The van der Waals surface area contributed by atoms with Gasteiger partial charge in [-0.1, -0.05) is 27.7 Å². The van der Waals surface area contributed by atoms with Gasteiger partial charge in [0.1, 0.15) is 0 Å². The average molecular weight is 309 g/mol. The lowest BCUT2D eigenvalue weighted by Crippen LogP contribution is -2.42. The number of ether oxygens (including phenoxy) is 1. The lowest BCUT2D eigenvalue weighted by Gasteiger charge is -2.39. The molecule has 3 nitrogen and oxygen atoms in total. The molecule has 0 spiro atoms. The van der Waals surface area contributed by atoms with E-state index in [4.69, 9.17) is 4.74 Å². The van der Waals surface area contributed by atoms with E-state index in [9.17, 15) is 5.11 Å². The highest BCUT2D eigenvalue weighted by Gasteiger charge is 2.61. The topological polar surface area (TPSA) is 32.7 Å². The second kappa shape index (κ2) is 6.07. The van der Waals surface area contributed by atoms with Gasteiger partial charge in [0.15, 0.2) is 0 Å². The number of aliphatic hydroxyl groups is 1. The van der Waals surface area contributed by atoms with Gasteiger partial charge in [-0.3, -0.25) is 0 Å². The van der Waals surface area contributed by atoms with Gasteiger partial charge in [-0.2, -0.15) is 0 Å². The SMILES string of the molecule is CC1CCN(C[C@H](O)CO[C@@H]2C[C@@H]3CC[C@]2(C)C3(C)C)CC1. The fraction of sp³-hybridized carbons (Fsp3) is 1.00. The molecule has 1 aliphatic heterocycles. The normalized spacial score (nSPS) is 40.2. The third kappa shape index (κ3) is 2.85. The Kier molecular flexibility index (Phi) is 4.61. The second-order valence-corrected chi connectivity index (χ2v) is 9.07. The number of aliphatic hydroxyl groups excluding tert-OH is 1. The first-order chi connectivity index (χ1) is 10.3. The molecule has 0 aromatic rings. The molecule has 0 radical (unpaired) electrons. The van der Waals surface area contributed by atoms with E-state index >= 15 is 0 Å². The number of likely N-dealkylation sites (tertiary alicyclic amines) is 1. The number of rotatable bonds is 5. The summed E-state index contributed by atoms with van der Waals surface area (Å²) in [4.78, 5) is 2.40. The molecule has 3 aliphatic rings. The van der Waals surface area contributed by atoms with Gasteiger partial charge >= 0.3 is 0 Å². The van der Waals surface area contributed by atoms with Crippen molar-refractivity contribution in [1.29, 1.82) is 0 Å². The predicted octanol–water partition coefficient (Wildman–Crippen LogP) is 3.31. The maximum Gasteiger partial charge on any atom is 0.0900 e. The zero-order valence-electron chi connectivity index (χ0n) is 15.0. The number of nitrogens with zero attached hydrogens (tertiary/aromatic N) is 1. The maximum atomic E-state index is 10.3. The van der Waals surface area contributed by atoms with Crippen LogP contribution in [0.5, 0.6) is 0 Å². The van der Waals surface area contributed by atoms with Gasteiger partial charge in [-0.25, -0.2) is 0 Å². The first-order valence-electron chi connectivity index (χ1n) is 9.35. The van der Waals surface area contributed by atoms with E-state index in [1.807, 2.05) is 0 Å². The quantitative estimate of drug-likeness (QED) is 0.846. The fourth-order valence-corrected chi connectivity index (χ4v) is 5.20. The number of piperidine rings is 1. The number of hydrogen-bond acceptors (Lipinski definition) is 3. The minimum atomic E-state index is -0.334. The molecule has 0 amide bonds. The van der Waals surface area contributed by atoms with Crippen LogP contribution in [0.3, 0.4) is 0 Å². The number of fused-ring (bicyclic) bond motifs is 2. The molecule has 2 aliphatic carbocycles. The lowest BCUT2D eigenvalue weighted by molar-refractivity contribution is -0.0802. The highest BCUT2D eigenvalue weighted by molar-refractivity contribution is 5.11. The Morgan fingerprint density at radius 3 is 2.41 bits per heavy atom. The van der Waals surface area contributed by atoms with E-state index in [0.717, 1.165) is 31.5 Å². The molecule has 2 bridgehead atoms. The molecule has 1 saturated heterocycles. The summed E-state index contributed by atoms with van der Waals surface area (Å²) in [6.45, 7) is 13.1. The van der Waals surface area contributed by atoms with Crippen molar-refractivity contribution in [2.24, 2.45) is 22.7 Å². The first kappa shape index (κ1) is 16.7. The van der Waals surface area contributed by atoms with Crippen LogP contribution in [0.4, 0.5) is 0 Å². The Bertz CT molecular complexity index is 389.